The van der Waals surface area contributed by atoms with Crippen molar-refractivity contribution in [2.24, 2.45) is 7.05 Å². The molecule has 0 atom stereocenters. The van der Waals surface area contributed by atoms with E-state index in [9.17, 15) is 14.0 Å². The molecule has 2 aromatic heterocycles. The predicted octanol–water partition coefficient (Wildman–Crippen LogP) is 3.57. The number of benzene rings is 1. The van der Waals surface area contributed by atoms with Crippen molar-refractivity contribution in [3.05, 3.63) is 63.1 Å². The van der Waals surface area contributed by atoms with Gasteiger partial charge in [0.1, 0.15) is 11.0 Å². The Balaban J connectivity index is 1.55. The molecular formula is C19H20ClFN6O2S. The number of aromatic nitrogens is 3. The molecule has 0 radical (unpaired) electrons. The number of urea groups is 1. The third-order valence-electron chi connectivity index (χ3n) is 4.23. The molecule has 2 heterocycles. The van der Waals surface area contributed by atoms with Crippen LogP contribution in [0.4, 0.5) is 14.3 Å². The summed E-state index contributed by atoms with van der Waals surface area (Å²) in [6, 6.07) is 5.53. The molecule has 0 fully saturated rings. The minimum atomic E-state index is -0.456. The highest BCUT2D eigenvalue weighted by Gasteiger charge is 2.22. The molecule has 1 aromatic carbocycles. The van der Waals surface area contributed by atoms with Gasteiger partial charge in [0.2, 0.25) is 0 Å². The van der Waals surface area contributed by atoms with E-state index in [1.165, 1.54) is 33.1 Å². The van der Waals surface area contributed by atoms with Crippen LogP contribution in [-0.2, 0) is 20.1 Å². The molecular weight excluding hydrogens is 431 g/mol. The molecule has 0 bridgehead atoms. The van der Waals surface area contributed by atoms with E-state index in [1.807, 2.05) is 0 Å². The van der Waals surface area contributed by atoms with E-state index in [0.717, 1.165) is 0 Å². The van der Waals surface area contributed by atoms with Gasteiger partial charge >= 0.3 is 6.03 Å². The Bertz CT molecular complexity index is 1080. The van der Waals surface area contributed by atoms with Crippen molar-refractivity contribution in [2.75, 3.05) is 12.4 Å². The number of nitrogens with zero attached hydrogens (tertiary/aromatic N) is 4. The predicted molar refractivity (Wildman–Crippen MR) is 113 cm³/mol. The standard InChI is InChI=1S/C19H20ClFN6O2S/c1-11-15(16(20)27(3)25-11)17(28)26(2)9-14-10-30-19(23-14)24-18(29)22-8-12-5-4-6-13(21)7-12/h4-7,10H,8-9H2,1-3H3,(H2,22,23,24,29). The van der Waals surface area contributed by atoms with E-state index in [2.05, 4.69) is 20.7 Å². The van der Waals surface area contributed by atoms with Gasteiger partial charge in [-0.15, -0.1) is 11.3 Å². The van der Waals surface area contributed by atoms with E-state index in [1.54, 1.807) is 38.5 Å². The first kappa shape index (κ1) is 21.7. The number of anilines is 1. The van der Waals surface area contributed by atoms with Gasteiger partial charge < -0.3 is 10.2 Å². The quantitative estimate of drug-likeness (QED) is 0.600. The fourth-order valence-electron chi connectivity index (χ4n) is 2.79. The van der Waals surface area contributed by atoms with Gasteiger partial charge in [0, 0.05) is 26.0 Å². The van der Waals surface area contributed by atoms with Crippen molar-refractivity contribution in [1.82, 2.24) is 25.0 Å². The highest BCUT2D eigenvalue weighted by atomic mass is 35.5. The Morgan fingerprint density at radius 3 is 2.80 bits per heavy atom. The summed E-state index contributed by atoms with van der Waals surface area (Å²) in [4.78, 5) is 30.5. The van der Waals surface area contributed by atoms with Crippen molar-refractivity contribution in [3.63, 3.8) is 0 Å². The number of hydrogen-bond donors (Lipinski definition) is 2. The molecule has 0 saturated heterocycles. The van der Waals surface area contributed by atoms with E-state index in [0.29, 0.717) is 27.6 Å². The van der Waals surface area contributed by atoms with Crippen LogP contribution in [0.5, 0.6) is 0 Å². The molecule has 8 nitrogen and oxygen atoms in total. The summed E-state index contributed by atoms with van der Waals surface area (Å²) in [6.07, 6.45) is 0. The lowest BCUT2D eigenvalue weighted by molar-refractivity contribution is 0.0783. The van der Waals surface area contributed by atoms with Crippen molar-refractivity contribution in [3.8, 4) is 0 Å². The summed E-state index contributed by atoms with van der Waals surface area (Å²) in [6.45, 7) is 2.15. The third kappa shape index (κ3) is 5.14. The van der Waals surface area contributed by atoms with Crippen LogP contribution in [0.3, 0.4) is 0 Å². The molecule has 0 unspecified atom stereocenters. The zero-order valence-electron chi connectivity index (χ0n) is 16.6. The van der Waals surface area contributed by atoms with Crippen LogP contribution >= 0.6 is 22.9 Å². The zero-order valence-corrected chi connectivity index (χ0v) is 18.1. The van der Waals surface area contributed by atoms with Gasteiger partial charge in [0.05, 0.1) is 23.5 Å². The minimum absolute atomic E-state index is 0.185. The molecule has 0 aliphatic heterocycles. The second-order valence-corrected chi connectivity index (χ2v) is 7.83. The van der Waals surface area contributed by atoms with Crippen LogP contribution < -0.4 is 10.6 Å². The lowest BCUT2D eigenvalue weighted by Gasteiger charge is -2.15. The summed E-state index contributed by atoms with van der Waals surface area (Å²) >= 11 is 7.40. The van der Waals surface area contributed by atoms with Crippen LogP contribution in [0.2, 0.25) is 5.15 Å². The molecule has 3 amide bonds. The summed E-state index contributed by atoms with van der Waals surface area (Å²) in [5, 5.41) is 11.8. The molecule has 3 aromatic rings. The van der Waals surface area contributed by atoms with Crippen molar-refractivity contribution >= 4 is 40.0 Å². The van der Waals surface area contributed by atoms with Crippen molar-refractivity contribution in [2.45, 2.75) is 20.0 Å². The number of nitrogens with one attached hydrogen (secondary N) is 2. The Hall–Kier alpha value is -2.98. The van der Waals surface area contributed by atoms with E-state index >= 15 is 0 Å². The van der Waals surface area contributed by atoms with Gasteiger partial charge in [0.15, 0.2) is 5.13 Å². The van der Waals surface area contributed by atoms with Gasteiger partial charge in [-0.05, 0) is 24.6 Å². The minimum Gasteiger partial charge on any atom is -0.336 e. The number of aryl methyl sites for hydroxylation is 2. The monoisotopic (exact) mass is 450 g/mol. The maximum Gasteiger partial charge on any atom is 0.321 e. The lowest BCUT2D eigenvalue weighted by Crippen LogP contribution is -2.28. The van der Waals surface area contributed by atoms with E-state index < -0.39 is 6.03 Å². The summed E-state index contributed by atoms with van der Waals surface area (Å²) in [5.41, 5.74) is 2.17. The molecule has 11 heteroatoms. The van der Waals surface area contributed by atoms with E-state index in [-0.39, 0.29) is 30.0 Å². The molecule has 0 saturated carbocycles. The van der Waals surface area contributed by atoms with Gasteiger partial charge in [-0.3, -0.25) is 14.8 Å². The Morgan fingerprint density at radius 1 is 1.37 bits per heavy atom. The average Bonchev–Trinajstić information content (AvgIpc) is 3.22. The zero-order chi connectivity index (χ0) is 21.8. The number of thiazole rings is 1. The molecule has 2 N–H and O–H groups in total. The first-order valence-corrected chi connectivity index (χ1v) is 10.2. The highest BCUT2D eigenvalue weighted by molar-refractivity contribution is 7.13. The topological polar surface area (TPSA) is 92.2 Å². The second kappa shape index (κ2) is 9.23. The Morgan fingerprint density at radius 2 is 2.13 bits per heavy atom. The summed E-state index contributed by atoms with van der Waals surface area (Å²) in [7, 11) is 3.31. The van der Waals surface area contributed by atoms with Crippen LogP contribution in [0.15, 0.2) is 29.6 Å². The smallest absolute Gasteiger partial charge is 0.321 e. The highest BCUT2D eigenvalue weighted by Crippen LogP contribution is 2.22. The molecule has 0 aliphatic carbocycles. The fraction of sp³-hybridized carbons (Fsp3) is 0.263. The summed E-state index contributed by atoms with van der Waals surface area (Å²) < 4.78 is 14.6. The number of carbonyl (C=O) groups is 2. The first-order chi connectivity index (χ1) is 14.2. The van der Waals surface area contributed by atoms with Crippen LogP contribution in [-0.4, -0.2) is 38.7 Å². The maximum atomic E-state index is 13.2. The maximum absolute atomic E-state index is 13.2. The van der Waals surface area contributed by atoms with Gasteiger partial charge in [0.25, 0.3) is 5.91 Å². The number of amides is 3. The largest absolute Gasteiger partial charge is 0.336 e. The summed E-state index contributed by atoms with van der Waals surface area (Å²) in [5.74, 6) is -0.623. The Labute approximate surface area is 181 Å². The molecule has 30 heavy (non-hydrogen) atoms. The van der Waals surface area contributed by atoms with Crippen molar-refractivity contribution < 1.29 is 14.0 Å². The number of carbonyl (C=O) groups excluding carboxylic acids is 2. The SMILES string of the molecule is Cc1nn(C)c(Cl)c1C(=O)N(C)Cc1csc(NC(=O)NCc2cccc(F)c2)n1. The second-order valence-electron chi connectivity index (χ2n) is 6.62. The van der Waals surface area contributed by atoms with Crippen LogP contribution in [0.1, 0.15) is 27.3 Å². The number of halogens is 2. The van der Waals surface area contributed by atoms with Crippen LogP contribution in [0.25, 0.3) is 0 Å². The van der Waals surface area contributed by atoms with Gasteiger partial charge in [-0.2, -0.15) is 5.10 Å². The Kier molecular flexibility index (Phi) is 6.68. The van der Waals surface area contributed by atoms with Crippen LogP contribution in [0, 0.1) is 12.7 Å². The van der Waals surface area contributed by atoms with Gasteiger partial charge in [-0.25, -0.2) is 14.2 Å². The lowest BCUT2D eigenvalue weighted by atomic mass is 10.2. The average molecular weight is 451 g/mol. The fourth-order valence-corrected chi connectivity index (χ4v) is 3.74. The normalized spacial score (nSPS) is 10.7. The molecule has 158 valence electrons. The molecule has 0 aliphatic rings. The van der Waals surface area contributed by atoms with Crippen molar-refractivity contribution in [1.29, 1.82) is 0 Å². The van der Waals surface area contributed by atoms with E-state index in [4.69, 9.17) is 11.6 Å². The number of hydrogen-bond acceptors (Lipinski definition) is 5. The van der Waals surface area contributed by atoms with Gasteiger partial charge in [-0.1, -0.05) is 23.7 Å². The molecule has 3 rings (SSSR count). The first-order valence-electron chi connectivity index (χ1n) is 8.93. The molecule has 0 spiro atoms. The third-order valence-corrected chi connectivity index (χ3v) is 5.47. The number of rotatable bonds is 6.